The summed E-state index contributed by atoms with van der Waals surface area (Å²) < 4.78 is 5.32. The average molecular weight is 323 g/mol. The van der Waals surface area contributed by atoms with Gasteiger partial charge in [0.25, 0.3) is 0 Å². The number of carbonyl (C=O) groups is 2. The molecule has 0 unspecified atom stereocenters. The number of nitrogens with one attached hydrogen (secondary N) is 1. The van der Waals surface area contributed by atoms with Gasteiger partial charge in [-0.3, -0.25) is 4.79 Å². The molecule has 2 N–H and O–H groups in total. The standard InChI is InChI=1S/C18H13NO5/c1-10(20)19-14-7-6-13-8-15(18(23)24-16(13)9-14)11-2-4-12(5-3-11)17(21)22/h2-9H,1H3,(H,19,20)(H,21,22). The summed E-state index contributed by atoms with van der Waals surface area (Å²) in [6, 6.07) is 12.7. The van der Waals surface area contributed by atoms with Gasteiger partial charge < -0.3 is 14.8 Å². The summed E-state index contributed by atoms with van der Waals surface area (Å²) in [4.78, 5) is 34.2. The fourth-order valence-electron chi connectivity index (χ4n) is 2.39. The molecule has 0 aliphatic rings. The van der Waals surface area contributed by atoms with Crippen LogP contribution in [-0.4, -0.2) is 17.0 Å². The smallest absolute Gasteiger partial charge is 0.344 e. The molecule has 3 rings (SSSR count). The number of benzene rings is 2. The van der Waals surface area contributed by atoms with Crippen molar-refractivity contribution in [2.24, 2.45) is 0 Å². The van der Waals surface area contributed by atoms with E-state index >= 15 is 0 Å². The van der Waals surface area contributed by atoms with Gasteiger partial charge in [-0.2, -0.15) is 0 Å². The maximum atomic E-state index is 12.2. The predicted molar refractivity (Wildman–Crippen MR) is 89.2 cm³/mol. The van der Waals surface area contributed by atoms with E-state index in [1.807, 2.05) is 0 Å². The molecular weight excluding hydrogens is 310 g/mol. The Labute approximate surface area is 136 Å². The Bertz CT molecular complexity index is 1000. The molecule has 0 fully saturated rings. The second kappa shape index (κ2) is 6.00. The highest BCUT2D eigenvalue weighted by molar-refractivity contribution is 5.92. The first-order chi connectivity index (χ1) is 11.4. The van der Waals surface area contributed by atoms with E-state index in [0.717, 1.165) is 0 Å². The van der Waals surface area contributed by atoms with Crippen molar-refractivity contribution in [2.75, 3.05) is 5.32 Å². The topological polar surface area (TPSA) is 96.6 Å². The molecule has 2 aromatic carbocycles. The van der Waals surface area contributed by atoms with Gasteiger partial charge in [-0.1, -0.05) is 12.1 Å². The molecule has 0 radical (unpaired) electrons. The number of hydrogen-bond acceptors (Lipinski definition) is 4. The Morgan fingerprint density at radius 2 is 1.75 bits per heavy atom. The Kier molecular flexibility index (Phi) is 3.87. The van der Waals surface area contributed by atoms with Crippen molar-refractivity contribution in [2.45, 2.75) is 6.92 Å². The highest BCUT2D eigenvalue weighted by Crippen LogP contribution is 2.23. The van der Waals surface area contributed by atoms with E-state index in [0.29, 0.717) is 27.8 Å². The maximum Gasteiger partial charge on any atom is 0.344 e. The lowest BCUT2D eigenvalue weighted by Crippen LogP contribution is -2.06. The van der Waals surface area contributed by atoms with E-state index in [-0.39, 0.29) is 11.5 Å². The molecule has 0 aliphatic heterocycles. The first-order valence-corrected chi connectivity index (χ1v) is 7.13. The van der Waals surface area contributed by atoms with E-state index in [4.69, 9.17) is 9.52 Å². The molecular formula is C18H13NO5. The number of carboxylic acids is 1. The Hall–Kier alpha value is -3.41. The van der Waals surface area contributed by atoms with E-state index in [2.05, 4.69) is 5.32 Å². The van der Waals surface area contributed by atoms with E-state index in [1.54, 1.807) is 36.4 Å². The third-order valence-corrected chi connectivity index (χ3v) is 3.50. The Morgan fingerprint density at radius 3 is 2.38 bits per heavy atom. The first kappa shape index (κ1) is 15.5. The summed E-state index contributed by atoms with van der Waals surface area (Å²) in [6.07, 6.45) is 0. The van der Waals surface area contributed by atoms with Crippen molar-refractivity contribution >= 4 is 28.5 Å². The van der Waals surface area contributed by atoms with Crippen LogP contribution in [0.15, 0.2) is 57.7 Å². The Morgan fingerprint density at radius 1 is 1.04 bits per heavy atom. The molecule has 6 nitrogen and oxygen atoms in total. The van der Waals surface area contributed by atoms with Gasteiger partial charge in [0.15, 0.2) is 0 Å². The van der Waals surface area contributed by atoms with Gasteiger partial charge in [-0.05, 0) is 35.9 Å². The number of hydrogen-bond donors (Lipinski definition) is 2. The third-order valence-electron chi connectivity index (χ3n) is 3.50. The molecule has 1 heterocycles. The number of rotatable bonds is 3. The van der Waals surface area contributed by atoms with Crippen LogP contribution in [0.1, 0.15) is 17.3 Å². The summed E-state index contributed by atoms with van der Waals surface area (Å²) in [5.74, 6) is -1.25. The molecule has 3 aromatic rings. The minimum atomic E-state index is -1.03. The molecule has 0 aliphatic carbocycles. The summed E-state index contributed by atoms with van der Waals surface area (Å²) in [5.41, 5.74) is 1.41. The first-order valence-electron chi connectivity index (χ1n) is 7.13. The Balaban J connectivity index is 2.06. The lowest BCUT2D eigenvalue weighted by atomic mass is 10.0. The van der Waals surface area contributed by atoms with Gasteiger partial charge in [0.2, 0.25) is 5.91 Å². The number of fused-ring (bicyclic) bond motifs is 1. The quantitative estimate of drug-likeness (QED) is 0.722. The average Bonchev–Trinajstić information content (AvgIpc) is 2.53. The number of anilines is 1. The summed E-state index contributed by atoms with van der Waals surface area (Å²) in [7, 11) is 0. The highest BCUT2D eigenvalue weighted by Gasteiger charge is 2.10. The van der Waals surface area contributed by atoms with Crippen molar-refractivity contribution in [1.82, 2.24) is 0 Å². The van der Waals surface area contributed by atoms with E-state index < -0.39 is 11.6 Å². The zero-order valence-electron chi connectivity index (χ0n) is 12.7. The molecule has 0 saturated carbocycles. The van der Waals surface area contributed by atoms with Gasteiger partial charge in [0.05, 0.1) is 11.1 Å². The minimum Gasteiger partial charge on any atom is -0.478 e. The zero-order chi connectivity index (χ0) is 17.3. The van der Waals surface area contributed by atoms with Crippen LogP contribution in [0.5, 0.6) is 0 Å². The van der Waals surface area contributed by atoms with Crippen LogP contribution in [0, 0.1) is 0 Å². The second-order valence-electron chi connectivity index (χ2n) is 5.26. The van der Waals surface area contributed by atoms with Crippen LogP contribution in [0.25, 0.3) is 22.1 Å². The molecule has 120 valence electrons. The number of carbonyl (C=O) groups excluding carboxylic acids is 1. The van der Waals surface area contributed by atoms with Gasteiger partial charge in [-0.25, -0.2) is 9.59 Å². The van der Waals surface area contributed by atoms with Crippen molar-refractivity contribution in [3.05, 3.63) is 64.5 Å². The van der Waals surface area contributed by atoms with Crippen molar-refractivity contribution in [1.29, 1.82) is 0 Å². The monoisotopic (exact) mass is 323 g/mol. The molecule has 0 bridgehead atoms. The van der Waals surface area contributed by atoms with E-state index in [9.17, 15) is 14.4 Å². The number of aromatic carboxylic acids is 1. The van der Waals surface area contributed by atoms with Crippen molar-refractivity contribution < 1.29 is 19.1 Å². The van der Waals surface area contributed by atoms with Crippen LogP contribution in [0.2, 0.25) is 0 Å². The third kappa shape index (κ3) is 3.03. The SMILES string of the molecule is CC(=O)Nc1ccc2cc(-c3ccc(C(=O)O)cc3)c(=O)oc2c1. The molecule has 1 aromatic heterocycles. The fraction of sp³-hybridized carbons (Fsp3) is 0.0556. The molecule has 6 heteroatoms. The molecule has 0 atom stereocenters. The number of carboxylic acid groups (broad SMARTS) is 1. The highest BCUT2D eigenvalue weighted by atomic mass is 16.4. The van der Waals surface area contributed by atoms with Gasteiger partial charge >= 0.3 is 11.6 Å². The van der Waals surface area contributed by atoms with Crippen LogP contribution >= 0.6 is 0 Å². The summed E-state index contributed by atoms with van der Waals surface area (Å²) in [6.45, 7) is 1.39. The van der Waals surface area contributed by atoms with Crippen LogP contribution in [0.4, 0.5) is 5.69 Å². The van der Waals surface area contributed by atoms with Crippen LogP contribution < -0.4 is 10.9 Å². The van der Waals surface area contributed by atoms with Crippen LogP contribution in [-0.2, 0) is 4.79 Å². The van der Waals surface area contributed by atoms with Crippen molar-refractivity contribution in [3.63, 3.8) is 0 Å². The molecule has 1 amide bonds. The normalized spacial score (nSPS) is 10.5. The molecule has 0 saturated heterocycles. The second-order valence-corrected chi connectivity index (χ2v) is 5.26. The molecule has 24 heavy (non-hydrogen) atoms. The number of amides is 1. The zero-order valence-corrected chi connectivity index (χ0v) is 12.7. The fourth-order valence-corrected chi connectivity index (χ4v) is 2.39. The predicted octanol–water partition coefficient (Wildman–Crippen LogP) is 3.12. The van der Waals surface area contributed by atoms with Gasteiger partial charge in [-0.15, -0.1) is 0 Å². The lowest BCUT2D eigenvalue weighted by Gasteiger charge is -2.06. The maximum absolute atomic E-state index is 12.2. The summed E-state index contributed by atoms with van der Waals surface area (Å²) in [5, 5.41) is 12.2. The van der Waals surface area contributed by atoms with Crippen LogP contribution in [0.3, 0.4) is 0 Å². The molecule has 0 spiro atoms. The van der Waals surface area contributed by atoms with Crippen molar-refractivity contribution in [3.8, 4) is 11.1 Å². The van der Waals surface area contributed by atoms with Gasteiger partial charge in [0.1, 0.15) is 5.58 Å². The largest absolute Gasteiger partial charge is 0.478 e. The van der Waals surface area contributed by atoms with E-state index in [1.165, 1.54) is 19.1 Å². The van der Waals surface area contributed by atoms with Gasteiger partial charge in [0, 0.05) is 24.1 Å². The lowest BCUT2D eigenvalue weighted by molar-refractivity contribution is -0.114. The minimum absolute atomic E-state index is 0.142. The summed E-state index contributed by atoms with van der Waals surface area (Å²) >= 11 is 0.